The summed E-state index contributed by atoms with van der Waals surface area (Å²) in [6.07, 6.45) is -0.353. The second-order valence-corrected chi connectivity index (χ2v) is 6.11. The molecule has 1 atom stereocenters. The Hall–Kier alpha value is -2.23. The minimum absolute atomic E-state index is 0.0507. The molecule has 1 saturated heterocycles. The van der Waals surface area contributed by atoms with Crippen molar-refractivity contribution in [2.24, 2.45) is 5.41 Å². The summed E-state index contributed by atoms with van der Waals surface area (Å²) in [4.78, 5) is 11.5. The van der Waals surface area contributed by atoms with Crippen molar-refractivity contribution >= 4 is 16.9 Å². The molecule has 1 fully saturated rings. The lowest BCUT2D eigenvalue weighted by Gasteiger charge is -2.38. The Morgan fingerprint density at radius 1 is 1.19 bits per heavy atom. The molecule has 1 N–H and O–H groups in total. The summed E-state index contributed by atoms with van der Waals surface area (Å²) in [5, 5.41) is 5.17. The molecule has 4 nitrogen and oxygen atoms in total. The van der Waals surface area contributed by atoms with Gasteiger partial charge in [0.2, 0.25) is 0 Å². The van der Waals surface area contributed by atoms with Gasteiger partial charge in [0, 0.05) is 5.41 Å². The summed E-state index contributed by atoms with van der Waals surface area (Å²) in [5.41, 5.74) is 0.947. The highest BCUT2D eigenvalue weighted by molar-refractivity contribution is 5.85. The largest absolute Gasteiger partial charge is 0.497 e. The highest BCUT2D eigenvalue weighted by Crippen LogP contribution is 2.37. The van der Waals surface area contributed by atoms with Crippen LogP contribution < -0.4 is 10.1 Å². The van der Waals surface area contributed by atoms with Crippen LogP contribution in [-0.4, -0.2) is 19.8 Å². The molecule has 4 heteroatoms. The summed E-state index contributed by atoms with van der Waals surface area (Å²) in [5.74, 6) is 0.843. The Morgan fingerprint density at radius 2 is 1.90 bits per heavy atom. The van der Waals surface area contributed by atoms with Crippen molar-refractivity contribution in [2.75, 3.05) is 13.7 Å². The van der Waals surface area contributed by atoms with Crippen molar-refractivity contribution in [1.82, 2.24) is 5.32 Å². The van der Waals surface area contributed by atoms with E-state index in [4.69, 9.17) is 9.47 Å². The number of carbonyl (C=O) groups excluding carboxylic acids is 1. The number of hydrogen-bond acceptors (Lipinski definition) is 3. The molecule has 1 heterocycles. The summed E-state index contributed by atoms with van der Waals surface area (Å²) in [6, 6.07) is 12.2. The number of cyclic esters (lactones) is 1. The van der Waals surface area contributed by atoms with Crippen LogP contribution in [0.5, 0.6) is 5.75 Å². The first-order valence-corrected chi connectivity index (χ1v) is 7.00. The second-order valence-electron chi connectivity index (χ2n) is 6.11. The monoisotopic (exact) mass is 285 g/mol. The molecule has 0 radical (unpaired) electrons. The van der Waals surface area contributed by atoms with Crippen LogP contribution in [0.2, 0.25) is 0 Å². The molecule has 0 bridgehead atoms. The van der Waals surface area contributed by atoms with Crippen molar-refractivity contribution in [3.8, 4) is 5.75 Å². The second kappa shape index (κ2) is 4.95. The first-order chi connectivity index (χ1) is 9.99. The molecule has 3 rings (SSSR count). The molecule has 0 spiro atoms. The van der Waals surface area contributed by atoms with Crippen LogP contribution >= 0.6 is 0 Å². The number of methoxy groups -OCH3 is 1. The van der Waals surface area contributed by atoms with Gasteiger partial charge in [-0.2, -0.15) is 0 Å². The maximum absolute atomic E-state index is 11.5. The molecule has 0 unspecified atom stereocenters. The van der Waals surface area contributed by atoms with Gasteiger partial charge in [-0.1, -0.05) is 32.0 Å². The lowest BCUT2D eigenvalue weighted by atomic mass is 9.80. The zero-order chi connectivity index (χ0) is 15.0. The third-order valence-corrected chi connectivity index (χ3v) is 4.02. The molecule has 0 aliphatic carbocycles. The van der Waals surface area contributed by atoms with E-state index in [0.29, 0.717) is 6.61 Å². The van der Waals surface area contributed by atoms with Crippen molar-refractivity contribution in [3.05, 3.63) is 42.0 Å². The van der Waals surface area contributed by atoms with Crippen LogP contribution in [0.1, 0.15) is 25.5 Å². The zero-order valence-electron chi connectivity index (χ0n) is 12.5. The van der Waals surface area contributed by atoms with Gasteiger partial charge in [0.25, 0.3) is 0 Å². The Kier molecular flexibility index (Phi) is 3.24. The average molecular weight is 285 g/mol. The normalized spacial score (nSPS) is 20.7. The van der Waals surface area contributed by atoms with Crippen molar-refractivity contribution < 1.29 is 14.3 Å². The summed E-state index contributed by atoms with van der Waals surface area (Å²) in [7, 11) is 1.66. The van der Waals surface area contributed by atoms with E-state index in [1.807, 2.05) is 18.2 Å². The number of rotatable bonds is 2. The van der Waals surface area contributed by atoms with Crippen LogP contribution in [0.3, 0.4) is 0 Å². The number of benzene rings is 2. The Labute approximate surface area is 124 Å². The number of alkyl carbamates (subject to hydrolysis) is 1. The fourth-order valence-corrected chi connectivity index (χ4v) is 2.77. The van der Waals surface area contributed by atoms with E-state index in [1.165, 1.54) is 0 Å². The van der Waals surface area contributed by atoms with Crippen LogP contribution in [0.15, 0.2) is 36.4 Å². The molecule has 2 aromatic carbocycles. The fraction of sp³-hybridized carbons (Fsp3) is 0.353. The molecule has 1 amide bonds. The van der Waals surface area contributed by atoms with Gasteiger partial charge in [-0.15, -0.1) is 0 Å². The lowest BCUT2D eigenvalue weighted by molar-refractivity contribution is 0.0388. The van der Waals surface area contributed by atoms with Crippen molar-refractivity contribution in [3.63, 3.8) is 0 Å². The van der Waals surface area contributed by atoms with Crippen molar-refractivity contribution in [2.45, 2.75) is 19.9 Å². The van der Waals surface area contributed by atoms with Gasteiger partial charge in [0.05, 0.1) is 13.2 Å². The molecule has 2 aromatic rings. The van der Waals surface area contributed by atoms with E-state index in [0.717, 1.165) is 22.1 Å². The molecule has 0 saturated carbocycles. The van der Waals surface area contributed by atoms with Gasteiger partial charge >= 0.3 is 6.09 Å². The van der Waals surface area contributed by atoms with Crippen LogP contribution in [0.25, 0.3) is 10.8 Å². The minimum atomic E-state index is -0.353. The van der Waals surface area contributed by atoms with Gasteiger partial charge in [-0.25, -0.2) is 4.79 Å². The zero-order valence-corrected chi connectivity index (χ0v) is 12.5. The average Bonchev–Trinajstić information content (AvgIpc) is 2.48. The van der Waals surface area contributed by atoms with Gasteiger partial charge in [-0.3, -0.25) is 0 Å². The highest BCUT2D eigenvalue weighted by atomic mass is 16.6. The maximum atomic E-state index is 11.5. The highest BCUT2D eigenvalue weighted by Gasteiger charge is 2.37. The third kappa shape index (κ3) is 2.53. The fourth-order valence-electron chi connectivity index (χ4n) is 2.77. The number of amides is 1. The number of hydrogen-bond donors (Lipinski definition) is 1. The molecule has 21 heavy (non-hydrogen) atoms. The molecule has 110 valence electrons. The number of ether oxygens (including phenoxy) is 2. The Morgan fingerprint density at radius 3 is 2.67 bits per heavy atom. The van der Waals surface area contributed by atoms with Crippen LogP contribution in [-0.2, 0) is 4.74 Å². The predicted octanol–water partition coefficient (Wildman–Crippen LogP) is 3.66. The van der Waals surface area contributed by atoms with Crippen molar-refractivity contribution in [1.29, 1.82) is 0 Å². The van der Waals surface area contributed by atoms with E-state index in [2.05, 4.69) is 37.4 Å². The summed E-state index contributed by atoms with van der Waals surface area (Å²) >= 11 is 0. The third-order valence-electron chi connectivity index (χ3n) is 4.02. The van der Waals surface area contributed by atoms with E-state index in [-0.39, 0.29) is 17.6 Å². The Balaban J connectivity index is 2.02. The lowest BCUT2D eigenvalue weighted by Crippen LogP contribution is -2.46. The Bertz CT molecular complexity index is 693. The van der Waals surface area contributed by atoms with Gasteiger partial charge in [0.15, 0.2) is 0 Å². The molecule has 1 aliphatic rings. The molecular formula is C17H19NO3. The van der Waals surface area contributed by atoms with E-state index in [9.17, 15) is 4.79 Å². The van der Waals surface area contributed by atoms with Crippen LogP contribution in [0.4, 0.5) is 4.79 Å². The molecule has 0 aromatic heterocycles. The smallest absolute Gasteiger partial charge is 0.407 e. The summed E-state index contributed by atoms with van der Waals surface area (Å²) in [6.45, 7) is 4.61. The molecule has 1 aliphatic heterocycles. The van der Waals surface area contributed by atoms with Gasteiger partial charge in [0.1, 0.15) is 12.4 Å². The summed E-state index contributed by atoms with van der Waals surface area (Å²) < 4.78 is 10.3. The standard InChI is InChI=1S/C17H19NO3/c1-17(2)10-21-16(19)18-15(17)13-5-4-12-9-14(20-3)7-6-11(12)8-13/h4-9,15H,10H2,1-3H3,(H,18,19)/t15-/m1/s1. The minimum Gasteiger partial charge on any atom is -0.497 e. The number of carbonyl (C=O) groups is 1. The van der Waals surface area contributed by atoms with Crippen LogP contribution in [0, 0.1) is 5.41 Å². The SMILES string of the molecule is COc1ccc2cc([C@H]3NC(=O)OCC3(C)C)ccc2c1. The first kappa shape index (κ1) is 13.7. The predicted molar refractivity (Wildman–Crippen MR) is 81.5 cm³/mol. The first-order valence-electron chi connectivity index (χ1n) is 7.00. The maximum Gasteiger partial charge on any atom is 0.407 e. The van der Waals surface area contributed by atoms with E-state index < -0.39 is 0 Å². The topological polar surface area (TPSA) is 47.6 Å². The van der Waals surface area contributed by atoms with Gasteiger partial charge in [-0.05, 0) is 34.5 Å². The van der Waals surface area contributed by atoms with Gasteiger partial charge < -0.3 is 14.8 Å². The van der Waals surface area contributed by atoms with E-state index >= 15 is 0 Å². The number of nitrogens with one attached hydrogen (secondary N) is 1. The van der Waals surface area contributed by atoms with E-state index in [1.54, 1.807) is 7.11 Å². The number of fused-ring (bicyclic) bond motifs is 1. The quantitative estimate of drug-likeness (QED) is 0.916. The molecular weight excluding hydrogens is 266 g/mol.